The van der Waals surface area contributed by atoms with Crippen LogP contribution in [0.2, 0.25) is 5.02 Å². The first-order valence-corrected chi connectivity index (χ1v) is 8.35. The number of carbonyl (C=O) groups is 1. The third-order valence-corrected chi connectivity index (χ3v) is 5.09. The summed E-state index contributed by atoms with van der Waals surface area (Å²) >= 11 is 7.28. The summed E-state index contributed by atoms with van der Waals surface area (Å²) in [5, 5.41) is 4.69. The number of fused-ring (bicyclic) bond motifs is 1. The van der Waals surface area contributed by atoms with Gasteiger partial charge in [-0.1, -0.05) is 16.8 Å². The predicted molar refractivity (Wildman–Crippen MR) is 90.1 cm³/mol. The zero-order valence-electron chi connectivity index (χ0n) is 12.5. The summed E-state index contributed by atoms with van der Waals surface area (Å²) < 4.78 is 29.4. The molecule has 0 aliphatic carbocycles. The number of hydrogen-bond donors (Lipinski definition) is 0. The molecule has 0 amide bonds. The van der Waals surface area contributed by atoms with E-state index >= 15 is 0 Å². The van der Waals surface area contributed by atoms with Crippen molar-refractivity contribution in [2.75, 3.05) is 0 Å². The maximum Gasteiger partial charge on any atom is 0.350 e. The Kier molecular flexibility index (Phi) is 4.03. The molecule has 0 saturated heterocycles. The van der Waals surface area contributed by atoms with Crippen molar-refractivity contribution in [3.8, 4) is 11.5 Å². The molecule has 0 aliphatic rings. The summed E-state index contributed by atoms with van der Waals surface area (Å²) in [6.45, 7) is -0.0814. The summed E-state index contributed by atoms with van der Waals surface area (Å²) in [5.74, 6) is -0.0291. The molecule has 0 spiro atoms. The van der Waals surface area contributed by atoms with Crippen molar-refractivity contribution >= 4 is 39.0 Å². The van der Waals surface area contributed by atoms with Gasteiger partial charge < -0.3 is 13.7 Å². The Morgan fingerprint density at radius 1 is 1.28 bits per heavy atom. The molecule has 1 aromatic carbocycles. The quantitative estimate of drug-likeness (QED) is 0.451. The second kappa shape index (κ2) is 6.34. The number of carbonyl (C=O) groups excluding carboxylic acids is 1. The van der Waals surface area contributed by atoms with Gasteiger partial charge in [0.15, 0.2) is 5.76 Å². The molecular formula is C17H9ClFNO4S. The molecule has 3 heterocycles. The van der Waals surface area contributed by atoms with Crippen molar-refractivity contribution in [3.63, 3.8) is 0 Å². The second-order valence-electron chi connectivity index (χ2n) is 5.12. The van der Waals surface area contributed by atoms with Crippen LogP contribution in [0.4, 0.5) is 4.39 Å². The lowest BCUT2D eigenvalue weighted by molar-refractivity contribution is 0.0470. The van der Waals surface area contributed by atoms with E-state index in [1.807, 2.05) is 0 Å². The van der Waals surface area contributed by atoms with Gasteiger partial charge in [0, 0.05) is 16.2 Å². The molecule has 0 unspecified atom stereocenters. The average Bonchev–Trinajstić information content (AvgIpc) is 3.32. The van der Waals surface area contributed by atoms with Crippen LogP contribution < -0.4 is 0 Å². The highest BCUT2D eigenvalue weighted by molar-refractivity contribution is 7.21. The van der Waals surface area contributed by atoms with Crippen LogP contribution in [0.15, 0.2) is 51.6 Å². The smallest absolute Gasteiger partial charge is 0.350 e. The third-order valence-electron chi connectivity index (χ3n) is 3.45. The minimum atomic E-state index is -0.603. The molecule has 0 radical (unpaired) electrons. The van der Waals surface area contributed by atoms with Crippen LogP contribution in [0.25, 0.3) is 21.6 Å². The third kappa shape index (κ3) is 3.04. The topological polar surface area (TPSA) is 65.5 Å². The largest absolute Gasteiger partial charge is 0.461 e. The number of halogens is 2. The van der Waals surface area contributed by atoms with Crippen LogP contribution in [0.3, 0.4) is 0 Å². The lowest BCUT2D eigenvalue weighted by Crippen LogP contribution is -2.03. The summed E-state index contributed by atoms with van der Waals surface area (Å²) in [6, 6.07) is 9.23. The number of thiophene rings is 1. The minimum Gasteiger partial charge on any atom is -0.461 e. The standard InChI is InChI=1S/C17H9ClFNO4S/c18-15-11-4-3-9(19)6-14(11)25-16(15)17(21)23-8-10-7-13(24-20-10)12-2-1-5-22-12/h1-7H,8H2. The van der Waals surface area contributed by atoms with Crippen LogP contribution in [-0.2, 0) is 11.3 Å². The second-order valence-corrected chi connectivity index (χ2v) is 6.55. The van der Waals surface area contributed by atoms with Gasteiger partial charge in [0.25, 0.3) is 0 Å². The number of nitrogens with zero attached hydrogens (tertiary/aromatic N) is 1. The van der Waals surface area contributed by atoms with Crippen LogP contribution in [0, 0.1) is 5.82 Å². The number of furan rings is 1. The van der Waals surface area contributed by atoms with Gasteiger partial charge in [0.05, 0.1) is 11.3 Å². The zero-order valence-corrected chi connectivity index (χ0v) is 14.1. The normalized spacial score (nSPS) is 11.1. The molecule has 25 heavy (non-hydrogen) atoms. The maximum atomic E-state index is 13.3. The van der Waals surface area contributed by atoms with Crippen LogP contribution >= 0.6 is 22.9 Å². The predicted octanol–water partition coefficient (Wildman–Crippen LogP) is 5.30. The van der Waals surface area contributed by atoms with Crippen molar-refractivity contribution < 1.29 is 22.9 Å². The number of esters is 1. The highest BCUT2D eigenvalue weighted by Gasteiger charge is 2.19. The van der Waals surface area contributed by atoms with Crippen LogP contribution in [0.1, 0.15) is 15.4 Å². The first-order chi connectivity index (χ1) is 12.1. The molecule has 8 heteroatoms. The van der Waals surface area contributed by atoms with Crippen molar-refractivity contribution in [2.45, 2.75) is 6.61 Å². The maximum absolute atomic E-state index is 13.3. The molecule has 0 saturated carbocycles. The fourth-order valence-corrected chi connectivity index (χ4v) is 3.72. The monoisotopic (exact) mass is 377 g/mol. The van der Waals surface area contributed by atoms with E-state index in [1.54, 1.807) is 18.2 Å². The summed E-state index contributed by atoms with van der Waals surface area (Å²) in [4.78, 5) is 12.5. The lowest BCUT2D eigenvalue weighted by atomic mass is 10.2. The van der Waals surface area contributed by atoms with Crippen LogP contribution in [-0.4, -0.2) is 11.1 Å². The molecule has 4 rings (SSSR count). The van der Waals surface area contributed by atoms with Gasteiger partial charge in [0.1, 0.15) is 23.0 Å². The van der Waals surface area contributed by atoms with Crippen molar-refractivity contribution in [2.24, 2.45) is 0 Å². The molecule has 0 N–H and O–H groups in total. The molecule has 4 aromatic rings. The minimum absolute atomic E-state index is 0.0814. The van der Waals surface area contributed by atoms with Gasteiger partial charge in [-0.25, -0.2) is 9.18 Å². The molecule has 0 fully saturated rings. The Bertz CT molecular complexity index is 1050. The van der Waals surface area contributed by atoms with E-state index in [2.05, 4.69) is 5.16 Å². The van der Waals surface area contributed by atoms with Gasteiger partial charge >= 0.3 is 5.97 Å². The number of aromatic nitrogens is 1. The van der Waals surface area contributed by atoms with Gasteiger partial charge in [0.2, 0.25) is 5.76 Å². The molecule has 3 aromatic heterocycles. The van der Waals surface area contributed by atoms with Gasteiger partial charge in [-0.05, 0) is 30.3 Å². The molecule has 0 aliphatic heterocycles. The van der Waals surface area contributed by atoms with E-state index in [0.29, 0.717) is 27.3 Å². The van der Waals surface area contributed by atoms with Gasteiger partial charge in [-0.15, -0.1) is 11.3 Å². The average molecular weight is 378 g/mol. The summed E-state index contributed by atoms with van der Waals surface area (Å²) in [6.07, 6.45) is 1.52. The van der Waals surface area contributed by atoms with Crippen molar-refractivity contribution in [1.29, 1.82) is 0 Å². The summed E-state index contributed by atoms with van der Waals surface area (Å²) in [5.41, 5.74) is 0.433. The highest BCUT2D eigenvalue weighted by Crippen LogP contribution is 2.36. The van der Waals surface area contributed by atoms with Crippen LogP contribution in [0.5, 0.6) is 0 Å². The molecule has 126 valence electrons. The molecular weight excluding hydrogens is 369 g/mol. The van der Waals surface area contributed by atoms with Gasteiger partial charge in [-0.3, -0.25) is 0 Å². The first kappa shape index (κ1) is 15.9. The van der Waals surface area contributed by atoms with Crippen molar-refractivity contribution in [1.82, 2.24) is 5.16 Å². The fraction of sp³-hybridized carbons (Fsp3) is 0.0588. The molecule has 5 nitrogen and oxygen atoms in total. The Hall–Kier alpha value is -2.64. The Morgan fingerprint density at radius 3 is 2.96 bits per heavy atom. The summed E-state index contributed by atoms with van der Waals surface area (Å²) in [7, 11) is 0. The van der Waals surface area contributed by atoms with E-state index < -0.39 is 11.8 Å². The molecule has 0 bridgehead atoms. The number of hydrogen-bond acceptors (Lipinski definition) is 6. The van der Waals surface area contributed by atoms with E-state index in [9.17, 15) is 9.18 Å². The Balaban J connectivity index is 1.50. The van der Waals surface area contributed by atoms with E-state index in [4.69, 9.17) is 25.3 Å². The van der Waals surface area contributed by atoms with E-state index in [-0.39, 0.29) is 16.5 Å². The SMILES string of the molecule is O=C(OCc1cc(-c2ccco2)on1)c1sc2cc(F)ccc2c1Cl. The first-order valence-electron chi connectivity index (χ1n) is 7.16. The Labute approximate surface area is 149 Å². The molecule has 0 atom stereocenters. The van der Waals surface area contributed by atoms with Crippen molar-refractivity contribution in [3.05, 3.63) is 64.1 Å². The van der Waals surface area contributed by atoms with Gasteiger partial charge in [-0.2, -0.15) is 0 Å². The fourth-order valence-electron chi connectivity index (χ4n) is 2.29. The zero-order chi connectivity index (χ0) is 17.4. The number of benzene rings is 1. The van der Waals surface area contributed by atoms with E-state index in [1.165, 1.54) is 24.5 Å². The number of ether oxygens (including phenoxy) is 1. The van der Waals surface area contributed by atoms with E-state index in [0.717, 1.165) is 11.3 Å². The highest BCUT2D eigenvalue weighted by atomic mass is 35.5. The lowest BCUT2D eigenvalue weighted by Gasteiger charge is -2.00. The Morgan fingerprint density at radius 2 is 2.16 bits per heavy atom. The number of rotatable bonds is 4.